The zero-order valence-electron chi connectivity index (χ0n) is 11.0. The number of benzene rings is 2. The van der Waals surface area contributed by atoms with Gasteiger partial charge in [0.15, 0.2) is 12.2 Å². The summed E-state index contributed by atoms with van der Waals surface area (Å²) in [5.41, 5.74) is 3.08. The molecular weight excluding hydrogens is 254 g/mol. The lowest BCUT2D eigenvalue weighted by atomic mass is 10.2. The second kappa shape index (κ2) is 5.17. The average molecular weight is 267 g/mol. The summed E-state index contributed by atoms with van der Waals surface area (Å²) in [6.45, 7) is 2.28. The minimum atomic E-state index is 0.258. The van der Waals surface area contributed by atoms with Crippen LogP contribution in [0.4, 0.5) is 0 Å². The van der Waals surface area contributed by atoms with E-state index in [0.29, 0.717) is 22.6 Å². The maximum atomic E-state index is 10.7. The Labute approximate surface area is 116 Å². The van der Waals surface area contributed by atoms with Gasteiger partial charge in [0.25, 0.3) is 0 Å². The van der Waals surface area contributed by atoms with Gasteiger partial charge in [0.2, 0.25) is 5.89 Å². The number of oxazole rings is 1. The van der Waals surface area contributed by atoms with E-state index >= 15 is 0 Å². The molecule has 0 aliphatic carbocycles. The van der Waals surface area contributed by atoms with Gasteiger partial charge in [0.05, 0.1) is 0 Å². The van der Waals surface area contributed by atoms with Crippen molar-refractivity contribution in [2.24, 2.45) is 0 Å². The van der Waals surface area contributed by atoms with Gasteiger partial charge in [0, 0.05) is 5.56 Å². The van der Waals surface area contributed by atoms with Crippen LogP contribution in [-0.4, -0.2) is 11.3 Å². The minimum Gasteiger partial charge on any atom is -0.484 e. The van der Waals surface area contributed by atoms with Gasteiger partial charge in [-0.2, -0.15) is 0 Å². The summed E-state index contributed by atoms with van der Waals surface area (Å²) in [5, 5.41) is 0. The Balaban J connectivity index is 1.77. The van der Waals surface area contributed by atoms with Gasteiger partial charge in [-0.15, -0.1) is 0 Å². The fourth-order valence-corrected chi connectivity index (χ4v) is 1.91. The van der Waals surface area contributed by atoms with Crippen LogP contribution in [0.2, 0.25) is 0 Å². The second-order valence-electron chi connectivity index (χ2n) is 4.55. The number of nitrogens with zero attached hydrogens (tertiary/aromatic N) is 1. The Morgan fingerprint density at radius 3 is 2.75 bits per heavy atom. The predicted molar refractivity (Wildman–Crippen MR) is 74.9 cm³/mol. The second-order valence-corrected chi connectivity index (χ2v) is 4.55. The number of hydrogen-bond donors (Lipinski definition) is 0. The molecule has 0 unspecified atom stereocenters. The highest BCUT2D eigenvalue weighted by atomic mass is 16.5. The van der Waals surface area contributed by atoms with Crippen LogP contribution in [0, 0.1) is 6.92 Å². The van der Waals surface area contributed by atoms with Crippen LogP contribution in [0.5, 0.6) is 5.75 Å². The lowest BCUT2D eigenvalue weighted by Crippen LogP contribution is -1.95. The van der Waals surface area contributed by atoms with Gasteiger partial charge in [-0.25, -0.2) is 4.98 Å². The Bertz CT molecular complexity index is 744. The van der Waals surface area contributed by atoms with Crippen LogP contribution in [0.15, 0.2) is 46.9 Å². The van der Waals surface area contributed by atoms with Crippen molar-refractivity contribution in [2.45, 2.75) is 13.5 Å². The van der Waals surface area contributed by atoms with Crippen molar-refractivity contribution in [3.05, 3.63) is 59.5 Å². The molecule has 0 atom stereocenters. The summed E-state index contributed by atoms with van der Waals surface area (Å²) in [6, 6.07) is 12.9. The molecule has 0 fully saturated rings. The van der Waals surface area contributed by atoms with Crippen LogP contribution < -0.4 is 4.74 Å². The van der Waals surface area contributed by atoms with Crippen molar-refractivity contribution in [1.82, 2.24) is 4.98 Å². The van der Waals surface area contributed by atoms with Crippen molar-refractivity contribution in [3.8, 4) is 5.75 Å². The third-order valence-corrected chi connectivity index (χ3v) is 2.98. The number of aldehydes is 1. The molecule has 0 radical (unpaired) electrons. The molecule has 100 valence electrons. The molecule has 0 aliphatic heterocycles. The highest BCUT2D eigenvalue weighted by Gasteiger charge is 2.07. The molecule has 0 spiro atoms. The number of carbonyl (C=O) groups is 1. The van der Waals surface area contributed by atoms with Gasteiger partial charge >= 0.3 is 0 Å². The van der Waals surface area contributed by atoms with Crippen LogP contribution in [0.3, 0.4) is 0 Å². The average Bonchev–Trinajstić information content (AvgIpc) is 2.88. The Hall–Kier alpha value is -2.62. The predicted octanol–water partition coefficient (Wildman–Crippen LogP) is 3.53. The SMILES string of the molecule is Cc1ccc(OCc2nc3cc(C=O)ccc3o2)cc1. The first kappa shape index (κ1) is 12.4. The van der Waals surface area contributed by atoms with Gasteiger partial charge in [-0.05, 0) is 37.3 Å². The van der Waals surface area contributed by atoms with E-state index < -0.39 is 0 Å². The lowest BCUT2D eigenvalue weighted by molar-refractivity contribution is 0.112. The van der Waals surface area contributed by atoms with Crippen LogP contribution in [-0.2, 0) is 6.61 Å². The third-order valence-electron chi connectivity index (χ3n) is 2.98. The maximum absolute atomic E-state index is 10.7. The summed E-state index contributed by atoms with van der Waals surface area (Å²) >= 11 is 0. The maximum Gasteiger partial charge on any atom is 0.233 e. The van der Waals surface area contributed by atoms with Crippen LogP contribution >= 0.6 is 0 Å². The number of hydrogen-bond acceptors (Lipinski definition) is 4. The van der Waals surface area contributed by atoms with Crippen molar-refractivity contribution in [1.29, 1.82) is 0 Å². The summed E-state index contributed by atoms with van der Waals surface area (Å²) in [7, 11) is 0. The first-order chi connectivity index (χ1) is 9.74. The van der Waals surface area contributed by atoms with Gasteiger partial charge in [0.1, 0.15) is 17.6 Å². The molecule has 3 rings (SSSR count). The van der Waals surface area contributed by atoms with Crippen LogP contribution in [0.25, 0.3) is 11.1 Å². The highest BCUT2D eigenvalue weighted by Crippen LogP contribution is 2.18. The fraction of sp³-hybridized carbons (Fsp3) is 0.125. The van der Waals surface area contributed by atoms with E-state index in [4.69, 9.17) is 9.15 Å². The number of carbonyl (C=O) groups excluding carboxylic acids is 1. The summed E-state index contributed by atoms with van der Waals surface area (Å²) < 4.78 is 11.2. The number of aryl methyl sites for hydroxylation is 1. The van der Waals surface area contributed by atoms with Crippen molar-refractivity contribution in [2.75, 3.05) is 0 Å². The van der Waals surface area contributed by atoms with Crippen molar-refractivity contribution < 1.29 is 13.9 Å². The van der Waals surface area contributed by atoms with Gasteiger partial charge < -0.3 is 9.15 Å². The first-order valence-electron chi connectivity index (χ1n) is 6.29. The molecule has 0 amide bonds. The molecule has 0 N–H and O–H groups in total. The number of fused-ring (bicyclic) bond motifs is 1. The molecule has 2 aromatic carbocycles. The van der Waals surface area contributed by atoms with E-state index in [1.165, 1.54) is 5.56 Å². The molecule has 4 nitrogen and oxygen atoms in total. The molecule has 0 aliphatic rings. The molecule has 0 saturated heterocycles. The smallest absolute Gasteiger partial charge is 0.233 e. The quantitative estimate of drug-likeness (QED) is 0.678. The normalized spacial score (nSPS) is 10.7. The molecule has 0 bridgehead atoms. The molecule has 1 heterocycles. The standard InChI is InChI=1S/C16H13NO3/c1-11-2-5-13(6-3-11)19-10-16-17-14-8-12(9-18)4-7-15(14)20-16/h2-9H,10H2,1H3. The summed E-state index contributed by atoms with van der Waals surface area (Å²) in [6.07, 6.45) is 0.788. The minimum absolute atomic E-state index is 0.258. The summed E-state index contributed by atoms with van der Waals surface area (Å²) in [5.74, 6) is 1.26. The van der Waals surface area contributed by atoms with E-state index in [2.05, 4.69) is 4.98 Å². The number of ether oxygens (including phenoxy) is 1. The Morgan fingerprint density at radius 2 is 2.00 bits per heavy atom. The molecule has 3 aromatic rings. The van der Waals surface area contributed by atoms with E-state index in [1.807, 2.05) is 31.2 Å². The molecule has 4 heteroatoms. The molecule has 1 aromatic heterocycles. The zero-order chi connectivity index (χ0) is 13.9. The van der Waals surface area contributed by atoms with E-state index in [-0.39, 0.29) is 6.61 Å². The number of aromatic nitrogens is 1. The van der Waals surface area contributed by atoms with E-state index in [9.17, 15) is 4.79 Å². The molecule has 20 heavy (non-hydrogen) atoms. The highest BCUT2D eigenvalue weighted by molar-refractivity contribution is 5.83. The monoisotopic (exact) mass is 267 g/mol. The van der Waals surface area contributed by atoms with E-state index in [0.717, 1.165) is 12.0 Å². The fourth-order valence-electron chi connectivity index (χ4n) is 1.91. The van der Waals surface area contributed by atoms with Crippen LogP contribution in [0.1, 0.15) is 21.8 Å². The topological polar surface area (TPSA) is 52.3 Å². The van der Waals surface area contributed by atoms with Crippen molar-refractivity contribution in [3.63, 3.8) is 0 Å². The van der Waals surface area contributed by atoms with Gasteiger partial charge in [-0.1, -0.05) is 17.7 Å². The largest absolute Gasteiger partial charge is 0.484 e. The first-order valence-corrected chi connectivity index (χ1v) is 6.29. The molecule has 0 saturated carbocycles. The Kier molecular flexibility index (Phi) is 3.21. The summed E-state index contributed by atoms with van der Waals surface area (Å²) in [4.78, 5) is 15.0. The van der Waals surface area contributed by atoms with Gasteiger partial charge in [-0.3, -0.25) is 4.79 Å². The van der Waals surface area contributed by atoms with E-state index in [1.54, 1.807) is 18.2 Å². The van der Waals surface area contributed by atoms with Crippen molar-refractivity contribution >= 4 is 17.4 Å². The zero-order valence-corrected chi connectivity index (χ0v) is 11.0. The molecular formula is C16H13NO3. The lowest BCUT2D eigenvalue weighted by Gasteiger charge is -2.03. The Morgan fingerprint density at radius 1 is 1.20 bits per heavy atom. The third kappa shape index (κ3) is 2.54. The number of rotatable bonds is 4.